The second-order valence-corrected chi connectivity index (χ2v) is 6.16. The van der Waals surface area contributed by atoms with E-state index in [1.165, 1.54) is 13.8 Å². The molecule has 1 rings (SSSR count). The fourth-order valence-electron chi connectivity index (χ4n) is 1.70. The molecule has 0 aliphatic rings. The molecule has 0 N–H and O–H groups in total. The molecule has 0 fully saturated rings. The number of alkyl halides is 2. The second kappa shape index (κ2) is 11.3. The Morgan fingerprint density at radius 1 is 0.833 bits per heavy atom. The highest BCUT2D eigenvalue weighted by Crippen LogP contribution is 2.18. The molecule has 0 bridgehead atoms. The average molecular weight is 468 g/mol. The molecule has 0 aliphatic carbocycles. The normalized spacial score (nSPS) is 12.8. The molecular weight excluding hydrogens is 448 g/mol. The molecule has 134 valence electrons. The number of ether oxygens (including phenoxy) is 4. The molecule has 24 heavy (non-hydrogen) atoms. The van der Waals surface area contributed by atoms with Gasteiger partial charge < -0.3 is 18.9 Å². The van der Waals surface area contributed by atoms with Crippen molar-refractivity contribution in [1.82, 2.24) is 0 Å². The van der Waals surface area contributed by atoms with Crippen LogP contribution in [0, 0.1) is 0 Å². The van der Waals surface area contributed by atoms with Crippen molar-refractivity contribution in [2.75, 3.05) is 23.9 Å². The van der Waals surface area contributed by atoms with Crippen LogP contribution in [0.3, 0.4) is 0 Å². The van der Waals surface area contributed by atoms with Gasteiger partial charge in [0.2, 0.25) is 0 Å². The number of halogens is 2. The van der Waals surface area contributed by atoms with Gasteiger partial charge in [-0.25, -0.2) is 0 Å². The Bertz CT molecular complexity index is 473. The topological polar surface area (TPSA) is 71.1 Å². The first-order valence-corrected chi connectivity index (χ1v) is 9.51. The Labute approximate surface area is 158 Å². The van der Waals surface area contributed by atoms with Crippen molar-refractivity contribution >= 4 is 43.8 Å². The molecule has 8 heteroatoms. The number of carbonyl (C=O) groups excluding carboxylic acids is 2. The monoisotopic (exact) mass is 466 g/mol. The quantitative estimate of drug-likeness (QED) is 0.389. The van der Waals surface area contributed by atoms with Crippen molar-refractivity contribution in [3.63, 3.8) is 0 Å². The minimum Gasteiger partial charge on any atom is -0.490 e. The minimum absolute atomic E-state index is 0.253. The average Bonchev–Trinajstić information content (AvgIpc) is 2.55. The predicted molar refractivity (Wildman–Crippen MR) is 96.1 cm³/mol. The molecule has 1 aromatic rings. The first-order chi connectivity index (χ1) is 11.4. The summed E-state index contributed by atoms with van der Waals surface area (Å²) in [4.78, 5) is 21.9. The van der Waals surface area contributed by atoms with Gasteiger partial charge in [0.15, 0.2) is 0 Å². The molecule has 0 heterocycles. The highest BCUT2D eigenvalue weighted by atomic mass is 79.9. The van der Waals surface area contributed by atoms with Crippen LogP contribution in [0.2, 0.25) is 0 Å². The molecule has 1 aromatic carbocycles. The van der Waals surface area contributed by atoms with Gasteiger partial charge in [0, 0.05) is 24.5 Å². The lowest BCUT2D eigenvalue weighted by Crippen LogP contribution is -2.25. The van der Waals surface area contributed by atoms with Gasteiger partial charge in [0.1, 0.15) is 36.9 Å². The van der Waals surface area contributed by atoms with Crippen LogP contribution in [0.5, 0.6) is 11.5 Å². The van der Waals surface area contributed by atoms with Crippen molar-refractivity contribution < 1.29 is 28.5 Å². The Morgan fingerprint density at radius 3 is 1.42 bits per heavy atom. The van der Waals surface area contributed by atoms with Crippen LogP contribution < -0.4 is 9.47 Å². The van der Waals surface area contributed by atoms with E-state index in [0.29, 0.717) is 22.2 Å². The zero-order valence-corrected chi connectivity index (χ0v) is 16.7. The van der Waals surface area contributed by atoms with Crippen LogP contribution in [0.4, 0.5) is 0 Å². The molecule has 2 atom stereocenters. The third kappa shape index (κ3) is 8.54. The summed E-state index contributed by atoms with van der Waals surface area (Å²) in [6.45, 7) is 3.22. The van der Waals surface area contributed by atoms with Gasteiger partial charge in [-0.1, -0.05) is 31.9 Å². The summed E-state index contributed by atoms with van der Waals surface area (Å²) in [6, 6.07) is 7.01. The summed E-state index contributed by atoms with van der Waals surface area (Å²) in [5, 5.41) is 0.996. The molecular formula is C16H20Br2O6. The summed E-state index contributed by atoms with van der Waals surface area (Å²) in [7, 11) is 0. The second-order valence-electron chi connectivity index (χ2n) is 4.86. The Hall–Kier alpha value is -1.28. The molecule has 0 saturated carbocycles. The summed E-state index contributed by atoms with van der Waals surface area (Å²) in [6.07, 6.45) is -0.691. The minimum atomic E-state index is -0.346. The van der Waals surface area contributed by atoms with Gasteiger partial charge in [-0.2, -0.15) is 0 Å². The maximum atomic E-state index is 10.9. The van der Waals surface area contributed by atoms with Crippen molar-refractivity contribution in [2.24, 2.45) is 0 Å². The van der Waals surface area contributed by atoms with Gasteiger partial charge in [-0.3, -0.25) is 9.59 Å². The van der Waals surface area contributed by atoms with E-state index in [4.69, 9.17) is 18.9 Å². The number of hydrogen-bond donors (Lipinski definition) is 0. The summed E-state index contributed by atoms with van der Waals surface area (Å²) >= 11 is 6.54. The molecule has 0 spiro atoms. The lowest BCUT2D eigenvalue weighted by atomic mass is 10.3. The lowest BCUT2D eigenvalue weighted by Gasteiger charge is -2.16. The molecule has 0 aliphatic heterocycles. The summed E-state index contributed by atoms with van der Waals surface area (Å²) in [5.41, 5.74) is 0. The zero-order valence-electron chi connectivity index (χ0n) is 13.5. The van der Waals surface area contributed by atoms with Crippen molar-refractivity contribution in [1.29, 1.82) is 0 Å². The highest BCUT2D eigenvalue weighted by Gasteiger charge is 2.13. The molecule has 0 aromatic heterocycles. The molecule has 6 nitrogen and oxygen atoms in total. The van der Waals surface area contributed by atoms with Crippen molar-refractivity contribution in [2.45, 2.75) is 26.1 Å². The van der Waals surface area contributed by atoms with Gasteiger partial charge in [-0.15, -0.1) is 0 Å². The van der Waals surface area contributed by atoms with E-state index >= 15 is 0 Å². The fraction of sp³-hybridized carbons (Fsp3) is 0.500. The van der Waals surface area contributed by atoms with E-state index in [1.807, 2.05) is 0 Å². The number of hydrogen-bond acceptors (Lipinski definition) is 6. The largest absolute Gasteiger partial charge is 0.490 e. The Morgan fingerprint density at radius 2 is 1.17 bits per heavy atom. The lowest BCUT2D eigenvalue weighted by molar-refractivity contribution is -0.147. The van der Waals surface area contributed by atoms with Gasteiger partial charge >= 0.3 is 11.9 Å². The van der Waals surface area contributed by atoms with Crippen LogP contribution in [-0.4, -0.2) is 48.0 Å². The Kier molecular flexibility index (Phi) is 9.78. The molecule has 0 saturated heterocycles. The van der Waals surface area contributed by atoms with E-state index < -0.39 is 0 Å². The molecule has 0 radical (unpaired) electrons. The van der Waals surface area contributed by atoms with Crippen LogP contribution >= 0.6 is 31.9 Å². The highest BCUT2D eigenvalue weighted by molar-refractivity contribution is 9.09. The van der Waals surface area contributed by atoms with Crippen LogP contribution in [0.15, 0.2) is 24.3 Å². The SMILES string of the molecule is CC(=O)O[C@@H](CBr)COc1ccc(OC[C@H](CBr)OC(C)=O)cc1. The van der Waals surface area contributed by atoms with E-state index in [2.05, 4.69) is 31.9 Å². The van der Waals surface area contributed by atoms with Gasteiger partial charge in [-0.05, 0) is 24.3 Å². The molecule has 0 unspecified atom stereocenters. The van der Waals surface area contributed by atoms with Crippen LogP contribution in [0.1, 0.15) is 13.8 Å². The zero-order chi connectivity index (χ0) is 17.9. The van der Waals surface area contributed by atoms with E-state index in [-0.39, 0.29) is 37.4 Å². The van der Waals surface area contributed by atoms with Crippen LogP contribution in [0.25, 0.3) is 0 Å². The standard InChI is InChI=1S/C16H20Br2O6/c1-11(19)23-15(7-17)9-21-13-3-5-14(6-4-13)22-10-16(8-18)24-12(2)20/h3-6,15-16H,7-10H2,1-2H3/t15-,16-/m0/s1. The van der Waals surface area contributed by atoms with E-state index in [9.17, 15) is 9.59 Å². The predicted octanol–water partition coefficient (Wildman–Crippen LogP) is 3.10. The Balaban J connectivity index is 2.44. The summed E-state index contributed by atoms with van der Waals surface area (Å²) in [5.74, 6) is 0.580. The third-order valence-corrected chi connectivity index (χ3v) is 4.15. The first-order valence-electron chi connectivity index (χ1n) is 7.26. The number of rotatable bonds is 10. The third-order valence-electron chi connectivity index (χ3n) is 2.70. The maximum Gasteiger partial charge on any atom is 0.303 e. The number of carbonyl (C=O) groups is 2. The number of benzene rings is 1. The van der Waals surface area contributed by atoms with Gasteiger partial charge in [0.05, 0.1) is 0 Å². The van der Waals surface area contributed by atoms with Crippen molar-refractivity contribution in [3.8, 4) is 11.5 Å². The number of esters is 2. The first kappa shape index (κ1) is 20.8. The van der Waals surface area contributed by atoms with Crippen LogP contribution in [-0.2, 0) is 19.1 Å². The molecule has 0 amide bonds. The van der Waals surface area contributed by atoms with E-state index in [1.54, 1.807) is 24.3 Å². The summed E-state index contributed by atoms with van der Waals surface area (Å²) < 4.78 is 21.3. The van der Waals surface area contributed by atoms with E-state index in [0.717, 1.165) is 0 Å². The fourth-order valence-corrected chi connectivity index (χ4v) is 2.34. The van der Waals surface area contributed by atoms with Crippen molar-refractivity contribution in [3.05, 3.63) is 24.3 Å². The maximum absolute atomic E-state index is 10.9. The van der Waals surface area contributed by atoms with Gasteiger partial charge in [0.25, 0.3) is 0 Å². The smallest absolute Gasteiger partial charge is 0.303 e.